The zero-order valence-electron chi connectivity index (χ0n) is 21.9. The smallest absolute Gasteiger partial charge is 0.310 e. The lowest BCUT2D eigenvalue weighted by atomic mass is 9.69. The molecule has 1 atom stereocenters. The number of carboxylic acid groups (broad SMARTS) is 1. The van der Waals surface area contributed by atoms with E-state index in [2.05, 4.69) is 41.4 Å². The number of nitrogens with zero attached hydrogens (tertiary/aromatic N) is 1. The summed E-state index contributed by atoms with van der Waals surface area (Å²) in [6, 6.07) is 18.5. The number of nitrogens with one attached hydrogen (secondary N) is 1. The van der Waals surface area contributed by atoms with Crippen molar-refractivity contribution in [2.45, 2.75) is 46.7 Å². The van der Waals surface area contributed by atoms with Gasteiger partial charge in [-0.2, -0.15) is 0 Å². The average Bonchev–Trinajstić information content (AvgIpc) is 3.05. The van der Waals surface area contributed by atoms with E-state index in [1.165, 1.54) is 16.7 Å². The summed E-state index contributed by atoms with van der Waals surface area (Å²) >= 11 is 0. The lowest BCUT2D eigenvalue weighted by Crippen LogP contribution is -2.33. The fourth-order valence-corrected chi connectivity index (χ4v) is 5.18. The molecule has 6 nitrogen and oxygen atoms in total. The van der Waals surface area contributed by atoms with Gasteiger partial charge in [0.2, 0.25) is 0 Å². The van der Waals surface area contributed by atoms with Gasteiger partial charge in [-0.15, -0.1) is 0 Å². The van der Waals surface area contributed by atoms with Crippen LogP contribution in [0.4, 0.5) is 11.4 Å². The Hall–Kier alpha value is -3.51. The van der Waals surface area contributed by atoms with Gasteiger partial charge < -0.3 is 20.9 Å². The van der Waals surface area contributed by atoms with Crippen LogP contribution in [0, 0.1) is 19.3 Å². The Kier molecular flexibility index (Phi) is 7.27. The van der Waals surface area contributed by atoms with Crippen LogP contribution in [0.2, 0.25) is 0 Å². The molecule has 0 spiro atoms. The van der Waals surface area contributed by atoms with Gasteiger partial charge >= 0.3 is 5.97 Å². The molecule has 0 fully saturated rings. The van der Waals surface area contributed by atoms with Crippen LogP contribution < -0.4 is 15.8 Å². The van der Waals surface area contributed by atoms with Gasteiger partial charge in [-0.05, 0) is 67.6 Å². The lowest BCUT2D eigenvalue weighted by Gasteiger charge is -2.34. The monoisotopic (exact) mass is 487 g/mol. The second-order valence-electron chi connectivity index (χ2n) is 10.3. The normalized spacial score (nSPS) is 14.9. The Bertz CT molecular complexity index is 1270. The van der Waals surface area contributed by atoms with E-state index in [0.29, 0.717) is 12.3 Å². The van der Waals surface area contributed by atoms with Gasteiger partial charge in [0.05, 0.1) is 16.8 Å². The van der Waals surface area contributed by atoms with Crippen molar-refractivity contribution in [2.75, 3.05) is 31.2 Å². The van der Waals surface area contributed by atoms with E-state index in [-0.39, 0.29) is 5.92 Å². The van der Waals surface area contributed by atoms with Crippen LogP contribution in [0.1, 0.15) is 53.1 Å². The molecule has 0 saturated carbocycles. The van der Waals surface area contributed by atoms with Gasteiger partial charge in [-0.25, -0.2) is 0 Å². The molecule has 0 aromatic heterocycles. The van der Waals surface area contributed by atoms with Crippen molar-refractivity contribution in [1.29, 1.82) is 0 Å². The van der Waals surface area contributed by atoms with E-state index in [1.54, 1.807) is 13.8 Å². The first kappa shape index (κ1) is 25.6. The predicted molar refractivity (Wildman–Crippen MR) is 146 cm³/mol. The largest absolute Gasteiger partial charge is 0.492 e. The van der Waals surface area contributed by atoms with Crippen LogP contribution in [0.15, 0.2) is 54.6 Å². The Labute approximate surface area is 214 Å². The highest BCUT2D eigenvalue weighted by molar-refractivity contribution is 5.78. The fourth-order valence-electron chi connectivity index (χ4n) is 5.18. The fraction of sp³-hybridized carbons (Fsp3) is 0.367. The number of aryl methyl sites for hydroxylation is 1. The molecule has 1 aliphatic heterocycles. The minimum atomic E-state index is -1.04. The van der Waals surface area contributed by atoms with Crippen molar-refractivity contribution in [3.63, 3.8) is 0 Å². The molecule has 3 aromatic carbocycles. The van der Waals surface area contributed by atoms with Gasteiger partial charge in [-0.1, -0.05) is 42.5 Å². The predicted octanol–water partition coefficient (Wildman–Crippen LogP) is 5.56. The van der Waals surface area contributed by atoms with Crippen molar-refractivity contribution in [3.8, 4) is 5.75 Å². The van der Waals surface area contributed by atoms with Crippen molar-refractivity contribution in [2.24, 2.45) is 5.41 Å². The molecule has 36 heavy (non-hydrogen) atoms. The number of ether oxygens (including phenoxy) is 1. The lowest BCUT2D eigenvalue weighted by molar-refractivity contribution is -0.147. The van der Waals surface area contributed by atoms with E-state index < -0.39 is 11.4 Å². The van der Waals surface area contributed by atoms with Crippen molar-refractivity contribution in [3.05, 3.63) is 88.0 Å². The molecular formula is C30H37N3O3. The van der Waals surface area contributed by atoms with Crippen LogP contribution in [0.3, 0.4) is 0 Å². The van der Waals surface area contributed by atoms with Crippen LogP contribution in [-0.2, 0) is 17.9 Å². The summed E-state index contributed by atoms with van der Waals surface area (Å²) < 4.78 is 5.96. The van der Waals surface area contributed by atoms with E-state index >= 15 is 0 Å². The zero-order chi connectivity index (χ0) is 26.0. The maximum atomic E-state index is 12.5. The van der Waals surface area contributed by atoms with E-state index in [1.807, 2.05) is 44.3 Å². The summed E-state index contributed by atoms with van der Waals surface area (Å²) in [5.41, 5.74) is 13.3. The van der Waals surface area contributed by atoms with Gasteiger partial charge in [0, 0.05) is 38.2 Å². The zero-order valence-corrected chi connectivity index (χ0v) is 21.9. The maximum absolute atomic E-state index is 12.5. The number of fused-ring (bicyclic) bond motifs is 1. The number of benzene rings is 3. The molecule has 0 aliphatic carbocycles. The molecule has 6 heteroatoms. The average molecular weight is 488 g/mol. The van der Waals surface area contributed by atoms with Crippen molar-refractivity contribution < 1.29 is 14.6 Å². The molecule has 0 bridgehead atoms. The van der Waals surface area contributed by atoms with E-state index in [0.717, 1.165) is 47.8 Å². The molecular weight excluding hydrogens is 450 g/mol. The summed E-state index contributed by atoms with van der Waals surface area (Å²) in [4.78, 5) is 14.9. The van der Waals surface area contributed by atoms with Crippen molar-refractivity contribution in [1.82, 2.24) is 4.90 Å². The number of rotatable bonds is 7. The molecule has 0 radical (unpaired) electrons. The van der Waals surface area contributed by atoms with Crippen molar-refractivity contribution >= 4 is 17.3 Å². The first-order valence-corrected chi connectivity index (χ1v) is 12.5. The van der Waals surface area contributed by atoms with Crippen LogP contribution in [-0.4, -0.2) is 36.2 Å². The van der Waals surface area contributed by atoms with Crippen LogP contribution in [0.25, 0.3) is 0 Å². The third kappa shape index (κ3) is 4.91. The topological polar surface area (TPSA) is 87.8 Å². The third-order valence-corrected chi connectivity index (χ3v) is 7.54. The van der Waals surface area contributed by atoms with Crippen LogP contribution in [0.5, 0.6) is 5.75 Å². The van der Waals surface area contributed by atoms with E-state index in [4.69, 9.17) is 10.5 Å². The molecule has 1 unspecified atom stereocenters. The Balaban J connectivity index is 1.74. The maximum Gasteiger partial charge on any atom is 0.310 e. The van der Waals surface area contributed by atoms with Gasteiger partial charge in [0.25, 0.3) is 0 Å². The number of carboxylic acids is 1. The number of hydrogen-bond acceptors (Lipinski definition) is 5. The molecule has 4 N–H and O–H groups in total. The molecule has 0 amide bonds. The first-order chi connectivity index (χ1) is 17.1. The molecule has 190 valence electrons. The third-order valence-electron chi connectivity index (χ3n) is 7.54. The first-order valence-electron chi connectivity index (χ1n) is 12.5. The molecule has 1 aliphatic rings. The summed E-state index contributed by atoms with van der Waals surface area (Å²) in [7, 11) is 1.84. The highest BCUT2D eigenvalue weighted by Gasteiger charge is 2.40. The highest BCUT2D eigenvalue weighted by atomic mass is 16.5. The van der Waals surface area contributed by atoms with E-state index in [9.17, 15) is 9.90 Å². The summed E-state index contributed by atoms with van der Waals surface area (Å²) in [5.74, 6) is -0.255. The number of anilines is 2. The molecule has 4 rings (SSSR count). The van der Waals surface area contributed by atoms with Gasteiger partial charge in [0.1, 0.15) is 12.4 Å². The number of nitrogen functional groups attached to an aromatic ring is 1. The molecule has 0 saturated heterocycles. The van der Waals surface area contributed by atoms with Gasteiger partial charge in [0.15, 0.2) is 0 Å². The SMILES string of the molecule is CNc1ccc(C(c2ccc(C)c(CN3CCOc4ccccc4C3)c2)C(C)(C)C(=O)O)c(C)c1N. The number of para-hydroxylation sites is 1. The Morgan fingerprint density at radius 3 is 2.64 bits per heavy atom. The molecule has 3 aromatic rings. The standard InChI is InChI=1S/C30H37N3O3/c1-19-10-11-21(16-23(19)18-33-14-15-36-26-9-7-6-8-22(26)17-33)27(30(3,4)29(34)35)24-12-13-25(32-5)28(31)20(24)2/h6-13,16,27,32H,14-15,17-18,31H2,1-5H3,(H,34,35). The summed E-state index contributed by atoms with van der Waals surface area (Å²) in [6.07, 6.45) is 0. The second kappa shape index (κ2) is 10.2. The minimum Gasteiger partial charge on any atom is -0.492 e. The second-order valence-corrected chi connectivity index (χ2v) is 10.3. The Morgan fingerprint density at radius 1 is 1.17 bits per heavy atom. The quantitative estimate of drug-likeness (QED) is 0.378. The van der Waals surface area contributed by atoms with Crippen LogP contribution >= 0.6 is 0 Å². The number of nitrogens with two attached hydrogens (primary N) is 1. The summed E-state index contributed by atoms with van der Waals surface area (Å²) in [5, 5.41) is 13.4. The summed E-state index contributed by atoms with van der Waals surface area (Å²) in [6.45, 7) is 10.7. The number of hydrogen-bond donors (Lipinski definition) is 3. The highest BCUT2D eigenvalue weighted by Crippen LogP contribution is 2.45. The Morgan fingerprint density at radius 2 is 1.92 bits per heavy atom. The number of aliphatic carboxylic acids is 1. The molecule has 1 heterocycles. The number of carbonyl (C=O) groups is 1. The van der Waals surface area contributed by atoms with Gasteiger partial charge in [-0.3, -0.25) is 9.69 Å². The minimum absolute atomic E-state index is 0.365.